The molecule has 0 spiro atoms. The van der Waals surface area contributed by atoms with Crippen LogP contribution in [0.4, 0.5) is 0 Å². The summed E-state index contributed by atoms with van der Waals surface area (Å²) in [6, 6.07) is 13.3. The summed E-state index contributed by atoms with van der Waals surface area (Å²) in [6.07, 6.45) is 0. The predicted molar refractivity (Wildman–Crippen MR) is 67.9 cm³/mol. The molecule has 2 aromatic rings. The smallest absolute Gasteiger partial charge is 0.343 e. The largest absolute Gasteiger partial charge is 0.421 e. The van der Waals surface area contributed by atoms with Crippen molar-refractivity contribution in [2.75, 3.05) is 0 Å². The van der Waals surface area contributed by atoms with Crippen LogP contribution in [0.1, 0.15) is 10.4 Å². The molecule has 0 heterocycles. The Bertz CT molecular complexity index is 535. The quantitative estimate of drug-likeness (QED) is 0.601. The summed E-state index contributed by atoms with van der Waals surface area (Å²) >= 11 is 11.6. The summed E-state index contributed by atoms with van der Waals surface area (Å²) in [5, 5.41) is 0.967. The number of rotatable bonds is 2. The van der Waals surface area contributed by atoms with Crippen LogP contribution in [-0.4, -0.2) is 5.97 Å². The molecular weight excluding hydrogens is 259 g/mol. The minimum absolute atomic E-state index is 0.342. The molecule has 0 radical (unpaired) electrons. The summed E-state index contributed by atoms with van der Waals surface area (Å²) < 4.78 is 5.16. The number of carbonyl (C=O) groups excluding carboxylic acids is 1. The number of ether oxygens (including phenoxy) is 1. The highest BCUT2D eigenvalue weighted by Gasteiger charge is 2.10. The maximum atomic E-state index is 11.8. The Hall–Kier alpha value is -1.51. The maximum absolute atomic E-state index is 11.8. The van der Waals surface area contributed by atoms with Gasteiger partial charge in [0.25, 0.3) is 0 Å². The van der Waals surface area contributed by atoms with E-state index >= 15 is 0 Å². The van der Waals surface area contributed by atoms with Gasteiger partial charge in [-0.25, -0.2) is 4.79 Å². The van der Waals surface area contributed by atoms with Crippen molar-refractivity contribution in [3.05, 3.63) is 64.1 Å². The van der Waals surface area contributed by atoms with Gasteiger partial charge in [0, 0.05) is 5.02 Å². The first-order valence-corrected chi connectivity index (χ1v) is 5.64. The van der Waals surface area contributed by atoms with Crippen molar-refractivity contribution in [3.63, 3.8) is 0 Å². The second-order valence-electron chi connectivity index (χ2n) is 3.33. The Morgan fingerprint density at radius 1 is 0.941 bits per heavy atom. The van der Waals surface area contributed by atoms with Crippen LogP contribution in [0.15, 0.2) is 48.5 Å². The highest BCUT2D eigenvalue weighted by molar-refractivity contribution is 6.32. The number of halogens is 2. The van der Waals surface area contributed by atoms with Gasteiger partial charge in [-0.15, -0.1) is 0 Å². The SMILES string of the molecule is O=C(Oc1ccccc1Cl)c1ccc(Cl)cc1. The molecule has 2 nitrogen and oxygen atoms in total. The van der Waals surface area contributed by atoms with Crippen molar-refractivity contribution in [1.82, 2.24) is 0 Å². The summed E-state index contributed by atoms with van der Waals surface area (Å²) in [5.74, 6) is -0.121. The van der Waals surface area contributed by atoms with Gasteiger partial charge in [-0.3, -0.25) is 0 Å². The van der Waals surface area contributed by atoms with Crippen molar-refractivity contribution in [2.45, 2.75) is 0 Å². The first-order valence-electron chi connectivity index (χ1n) is 4.89. The van der Waals surface area contributed by atoms with Crippen LogP contribution in [0.2, 0.25) is 10.0 Å². The number of esters is 1. The van der Waals surface area contributed by atoms with Crippen LogP contribution in [-0.2, 0) is 0 Å². The monoisotopic (exact) mass is 266 g/mol. The van der Waals surface area contributed by atoms with E-state index in [0.717, 1.165) is 0 Å². The average molecular weight is 267 g/mol. The Balaban J connectivity index is 2.17. The average Bonchev–Trinajstić information content (AvgIpc) is 2.33. The zero-order valence-electron chi connectivity index (χ0n) is 8.69. The molecule has 4 heteroatoms. The molecule has 0 aliphatic rings. The number of hydrogen-bond acceptors (Lipinski definition) is 2. The molecule has 17 heavy (non-hydrogen) atoms. The Labute approximate surface area is 109 Å². The fourth-order valence-electron chi connectivity index (χ4n) is 1.27. The number of para-hydroxylation sites is 1. The summed E-state index contributed by atoms with van der Waals surface area (Å²) in [6.45, 7) is 0. The Morgan fingerprint density at radius 2 is 1.59 bits per heavy atom. The van der Waals surface area contributed by atoms with Crippen molar-refractivity contribution in [2.24, 2.45) is 0 Å². The van der Waals surface area contributed by atoms with Crippen LogP contribution >= 0.6 is 23.2 Å². The third-order valence-corrected chi connectivity index (χ3v) is 2.68. The Kier molecular flexibility index (Phi) is 3.67. The number of hydrogen-bond donors (Lipinski definition) is 0. The number of benzene rings is 2. The van der Waals surface area contributed by atoms with Gasteiger partial charge in [-0.05, 0) is 36.4 Å². The van der Waals surface area contributed by atoms with Gasteiger partial charge >= 0.3 is 5.97 Å². The van der Waals surface area contributed by atoms with E-state index in [2.05, 4.69) is 0 Å². The van der Waals surface area contributed by atoms with E-state index in [0.29, 0.717) is 21.4 Å². The van der Waals surface area contributed by atoms with Crippen LogP contribution in [0.5, 0.6) is 5.75 Å². The molecule has 0 aliphatic carbocycles. The van der Waals surface area contributed by atoms with E-state index in [4.69, 9.17) is 27.9 Å². The maximum Gasteiger partial charge on any atom is 0.343 e. The lowest BCUT2D eigenvalue weighted by Crippen LogP contribution is -2.08. The van der Waals surface area contributed by atoms with Gasteiger partial charge < -0.3 is 4.74 Å². The van der Waals surface area contributed by atoms with E-state index in [1.54, 1.807) is 48.5 Å². The third-order valence-electron chi connectivity index (χ3n) is 2.12. The molecule has 0 N–H and O–H groups in total. The van der Waals surface area contributed by atoms with Gasteiger partial charge in [-0.1, -0.05) is 35.3 Å². The van der Waals surface area contributed by atoms with Gasteiger partial charge in [0.05, 0.1) is 10.6 Å². The lowest BCUT2D eigenvalue weighted by molar-refractivity contribution is 0.0735. The second-order valence-corrected chi connectivity index (χ2v) is 4.17. The molecule has 0 unspecified atom stereocenters. The molecule has 0 saturated carbocycles. The van der Waals surface area contributed by atoms with Crippen LogP contribution in [0.3, 0.4) is 0 Å². The first-order chi connectivity index (χ1) is 8.16. The van der Waals surface area contributed by atoms with Crippen molar-refractivity contribution < 1.29 is 9.53 Å². The highest BCUT2D eigenvalue weighted by Crippen LogP contribution is 2.24. The summed E-state index contributed by atoms with van der Waals surface area (Å²) in [5.41, 5.74) is 0.425. The van der Waals surface area contributed by atoms with E-state index in [1.165, 1.54) is 0 Å². The molecule has 0 saturated heterocycles. The molecule has 0 bridgehead atoms. The molecule has 2 aromatic carbocycles. The molecule has 0 aromatic heterocycles. The minimum Gasteiger partial charge on any atom is -0.421 e. The topological polar surface area (TPSA) is 26.3 Å². The van der Waals surface area contributed by atoms with E-state index in [1.807, 2.05) is 0 Å². The van der Waals surface area contributed by atoms with Gasteiger partial charge in [0.1, 0.15) is 5.75 Å². The third kappa shape index (κ3) is 2.99. The fraction of sp³-hybridized carbons (Fsp3) is 0. The summed E-state index contributed by atoms with van der Waals surface area (Å²) in [7, 11) is 0. The zero-order chi connectivity index (χ0) is 12.3. The Morgan fingerprint density at radius 3 is 2.24 bits per heavy atom. The summed E-state index contributed by atoms with van der Waals surface area (Å²) in [4.78, 5) is 11.8. The lowest BCUT2D eigenvalue weighted by atomic mass is 10.2. The first kappa shape index (κ1) is 12.0. The molecule has 0 aliphatic heterocycles. The minimum atomic E-state index is -0.463. The van der Waals surface area contributed by atoms with E-state index in [9.17, 15) is 4.79 Å². The molecule has 0 atom stereocenters. The lowest BCUT2D eigenvalue weighted by Gasteiger charge is -2.05. The molecule has 2 rings (SSSR count). The van der Waals surface area contributed by atoms with Gasteiger partial charge in [-0.2, -0.15) is 0 Å². The van der Waals surface area contributed by atoms with Crippen LogP contribution < -0.4 is 4.74 Å². The number of carbonyl (C=O) groups is 1. The van der Waals surface area contributed by atoms with Crippen molar-refractivity contribution >= 4 is 29.2 Å². The molecular formula is C13H8Cl2O2. The van der Waals surface area contributed by atoms with Crippen molar-refractivity contribution in [3.8, 4) is 5.75 Å². The van der Waals surface area contributed by atoms with E-state index in [-0.39, 0.29) is 0 Å². The van der Waals surface area contributed by atoms with Crippen LogP contribution in [0.25, 0.3) is 0 Å². The van der Waals surface area contributed by atoms with E-state index < -0.39 is 5.97 Å². The van der Waals surface area contributed by atoms with Gasteiger partial charge in [0.15, 0.2) is 0 Å². The zero-order valence-corrected chi connectivity index (χ0v) is 10.2. The fourth-order valence-corrected chi connectivity index (χ4v) is 1.57. The van der Waals surface area contributed by atoms with Crippen LogP contribution in [0, 0.1) is 0 Å². The molecule has 0 fully saturated rings. The predicted octanol–water partition coefficient (Wildman–Crippen LogP) is 4.21. The highest BCUT2D eigenvalue weighted by atomic mass is 35.5. The molecule has 86 valence electrons. The normalized spacial score (nSPS) is 10.0. The second kappa shape index (κ2) is 5.21. The standard InChI is InChI=1S/C13H8Cl2O2/c14-10-7-5-9(6-8-10)13(16)17-12-4-2-1-3-11(12)15/h1-8H. The van der Waals surface area contributed by atoms with Crippen molar-refractivity contribution in [1.29, 1.82) is 0 Å². The molecule has 0 amide bonds. The van der Waals surface area contributed by atoms with Gasteiger partial charge in [0.2, 0.25) is 0 Å².